The fourth-order valence-electron chi connectivity index (χ4n) is 2.08. The van der Waals surface area contributed by atoms with E-state index >= 15 is 0 Å². The molecule has 1 aromatic rings. The molecular weight excluding hydrogens is 204 g/mol. The van der Waals surface area contributed by atoms with E-state index in [2.05, 4.69) is 20.2 Å². The van der Waals surface area contributed by atoms with Gasteiger partial charge in [0.25, 0.3) is 0 Å². The van der Waals surface area contributed by atoms with Crippen LogP contribution in [0, 0.1) is 0 Å². The van der Waals surface area contributed by atoms with Crippen molar-refractivity contribution in [1.82, 2.24) is 20.2 Å². The van der Waals surface area contributed by atoms with Gasteiger partial charge in [0.1, 0.15) is 0 Å². The first-order chi connectivity index (χ1) is 7.84. The molecule has 0 radical (unpaired) electrons. The molecule has 5 heteroatoms. The summed E-state index contributed by atoms with van der Waals surface area (Å²) in [6.45, 7) is 4.43. The summed E-state index contributed by atoms with van der Waals surface area (Å²) in [6, 6.07) is 0. The predicted octanol–water partition coefficient (Wildman–Crippen LogP) is -0.0440. The Hall–Kier alpha value is -0.910. The van der Waals surface area contributed by atoms with Gasteiger partial charge in [-0.05, 0) is 25.9 Å². The molecule has 1 aliphatic heterocycles. The third-order valence-electron chi connectivity index (χ3n) is 2.92. The van der Waals surface area contributed by atoms with E-state index in [4.69, 9.17) is 0 Å². The van der Waals surface area contributed by atoms with Crippen molar-refractivity contribution in [3.8, 4) is 0 Å². The fraction of sp³-hybridized carbons (Fsp3) is 0.727. The zero-order valence-corrected chi connectivity index (χ0v) is 9.52. The molecule has 2 heterocycles. The smallest absolute Gasteiger partial charge is 0.0922 e. The number of hydrogen-bond donors (Lipinski definition) is 3. The van der Waals surface area contributed by atoms with Crippen LogP contribution < -0.4 is 5.32 Å². The minimum atomic E-state index is -0.277. The Bertz CT molecular complexity index is 282. The van der Waals surface area contributed by atoms with E-state index in [9.17, 15) is 5.11 Å². The molecule has 1 fully saturated rings. The average Bonchev–Trinajstić information content (AvgIpc) is 2.90. The molecule has 90 valence electrons. The van der Waals surface area contributed by atoms with E-state index in [-0.39, 0.29) is 6.10 Å². The monoisotopic (exact) mass is 224 g/mol. The summed E-state index contributed by atoms with van der Waals surface area (Å²) in [7, 11) is 0. The molecule has 2 rings (SSSR count). The Labute approximate surface area is 95.9 Å². The number of H-pyrrole nitrogens is 1. The molecule has 0 aliphatic carbocycles. The molecular formula is C11H20N4O. The number of aromatic amines is 1. The van der Waals surface area contributed by atoms with Crippen molar-refractivity contribution in [1.29, 1.82) is 0 Å². The topological polar surface area (TPSA) is 64.2 Å². The second-order valence-electron chi connectivity index (χ2n) is 4.37. The summed E-state index contributed by atoms with van der Waals surface area (Å²) in [5.41, 5.74) is 1.05. The van der Waals surface area contributed by atoms with Crippen molar-refractivity contribution >= 4 is 0 Å². The standard InChI is InChI=1S/C11H20N4O/c16-11(8-15-3-1-2-4-15)7-12-5-10-6-13-9-14-10/h6,9,11-12,16H,1-5,7-8H2,(H,13,14). The van der Waals surface area contributed by atoms with Crippen LogP contribution in [0.25, 0.3) is 0 Å². The molecule has 0 aromatic carbocycles. The largest absolute Gasteiger partial charge is 0.390 e. The molecule has 1 aliphatic rings. The first-order valence-corrected chi connectivity index (χ1v) is 5.93. The molecule has 3 N–H and O–H groups in total. The van der Waals surface area contributed by atoms with Crippen LogP contribution in [-0.2, 0) is 6.54 Å². The Morgan fingerprint density at radius 3 is 3.00 bits per heavy atom. The van der Waals surface area contributed by atoms with Crippen LogP contribution >= 0.6 is 0 Å². The highest BCUT2D eigenvalue weighted by Crippen LogP contribution is 2.07. The maximum atomic E-state index is 9.81. The molecule has 0 saturated carbocycles. The van der Waals surface area contributed by atoms with Crippen LogP contribution in [0.3, 0.4) is 0 Å². The lowest BCUT2D eigenvalue weighted by Gasteiger charge is -2.19. The number of aliphatic hydroxyl groups excluding tert-OH is 1. The van der Waals surface area contributed by atoms with Crippen LogP contribution in [0.5, 0.6) is 0 Å². The molecule has 0 spiro atoms. The number of nitrogens with zero attached hydrogens (tertiary/aromatic N) is 2. The van der Waals surface area contributed by atoms with Gasteiger partial charge in [-0.25, -0.2) is 4.98 Å². The normalized spacial score (nSPS) is 19.1. The summed E-state index contributed by atoms with van der Waals surface area (Å²) in [5, 5.41) is 13.0. The SMILES string of the molecule is OC(CNCc1cnc[nH]1)CN1CCCC1. The number of aromatic nitrogens is 2. The molecule has 0 bridgehead atoms. The third kappa shape index (κ3) is 3.59. The summed E-state index contributed by atoms with van der Waals surface area (Å²) < 4.78 is 0. The number of rotatable bonds is 6. The molecule has 1 saturated heterocycles. The lowest BCUT2D eigenvalue weighted by Crippen LogP contribution is -2.36. The minimum Gasteiger partial charge on any atom is -0.390 e. The van der Waals surface area contributed by atoms with Crippen LogP contribution in [0.4, 0.5) is 0 Å². The average molecular weight is 224 g/mol. The molecule has 5 nitrogen and oxygen atoms in total. The number of imidazole rings is 1. The van der Waals surface area contributed by atoms with Gasteiger partial charge in [0.2, 0.25) is 0 Å². The Kier molecular flexibility index (Phi) is 4.33. The van der Waals surface area contributed by atoms with Gasteiger partial charge < -0.3 is 20.3 Å². The number of aliphatic hydroxyl groups is 1. The highest BCUT2D eigenvalue weighted by molar-refractivity contribution is 4.93. The molecule has 0 amide bonds. The zero-order chi connectivity index (χ0) is 11.2. The molecule has 1 aromatic heterocycles. The van der Waals surface area contributed by atoms with Gasteiger partial charge in [-0.3, -0.25) is 0 Å². The van der Waals surface area contributed by atoms with Crippen molar-refractivity contribution in [2.75, 3.05) is 26.2 Å². The maximum Gasteiger partial charge on any atom is 0.0922 e. The van der Waals surface area contributed by atoms with Crippen molar-refractivity contribution in [2.45, 2.75) is 25.5 Å². The molecule has 16 heavy (non-hydrogen) atoms. The quantitative estimate of drug-likeness (QED) is 0.634. The fourth-order valence-corrected chi connectivity index (χ4v) is 2.08. The highest BCUT2D eigenvalue weighted by Gasteiger charge is 2.15. The molecule has 1 atom stereocenters. The number of likely N-dealkylation sites (tertiary alicyclic amines) is 1. The Balaban J connectivity index is 1.58. The Morgan fingerprint density at radius 1 is 1.50 bits per heavy atom. The second-order valence-corrected chi connectivity index (χ2v) is 4.37. The lowest BCUT2D eigenvalue weighted by molar-refractivity contribution is 0.123. The van der Waals surface area contributed by atoms with Crippen molar-refractivity contribution in [2.24, 2.45) is 0 Å². The minimum absolute atomic E-state index is 0.277. The predicted molar refractivity (Wildman–Crippen MR) is 62.0 cm³/mol. The highest BCUT2D eigenvalue weighted by atomic mass is 16.3. The van der Waals surface area contributed by atoms with Crippen LogP contribution in [-0.4, -0.2) is 52.3 Å². The van der Waals surface area contributed by atoms with Crippen LogP contribution in [0.15, 0.2) is 12.5 Å². The van der Waals surface area contributed by atoms with Crippen LogP contribution in [0.1, 0.15) is 18.5 Å². The maximum absolute atomic E-state index is 9.81. The van der Waals surface area contributed by atoms with Gasteiger partial charge >= 0.3 is 0 Å². The second kappa shape index (κ2) is 5.98. The summed E-state index contributed by atoms with van der Waals surface area (Å²) in [6.07, 6.45) is 5.72. The molecule has 1 unspecified atom stereocenters. The van der Waals surface area contributed by atoms with Crippen LogP contribution in [0.2, 0.25) is 0 Å². The van der Waals surface area contributed by atoms with Crippen molar-refractivity contribution in [3.05, 3.63) is 18.2 Å². The van der Waals surface area contributed by atoms with E-state index < -0.39 is 0 Å². The zero-order valence-electron chi connectivity index (χ0n) is 9.52. The summed E-state index contributed by atoms with van der Waals surface area (Å²) in [4.78, 5) is 9.28. The number of β-amino-alcohol motifs (C(OH)–C–C–N with tert-alkyl or cyclic N) is 1. The lowest BCUT2D eigenvalue weighted by atomic mass is 10.3. The van der Waals surface area contributed by atoms with E-state index in [1.54, 1.807) is 12.5 Å². The van der Waals surface area contributed by atoms with Gasteiger partial charge in [-0.15, -0.1) is 0 Å². The van der Waals surface area contributed by atoms with Gasteiger partial charge in [-0.2, -0.15) is 0 Å². The Morgan fingerprint density at radius 2 is 2.31 bits per heavy atom. The van der Waals surface area contributed by atoms with E-state index in [1.165, 1.54) is 12.8 Å². The first-order valence-electron chi connectivity index (χ1n) is 5.93. The van der Waals surface area contributed by atoms with E-state index in [1.807, 2.05) is 0 Å². The van der Waals surface area contributed by atoms with Gasteiger partial charge in [0, 0.05) is 31.5 Å². The first kappa shape index (κ1) is 11.6. The third-order valence-corrected chi connectivity index (χ3v) is 2.92. The van der Waals surface area contributed by atoms with Gasteiger partial charge in [0.05, 0.1) is 12.4 Å². The van der Waals surface area contributed by atoms with Crippen molar-refractivity contribution in [3.63, 3.8) is 0 Å². The number of nitrogens with one attached hydrogen (secondary N) is 2. The van der Waals surface area contributed by atoms with E-state index in [0.717, 1.165) is 31.9 Å². The van der Waals surface area contributed by atoms with E-state index in [0.29, 0.717) is 6.54 Å². The van der Waals surface area contributed by atoms with Gasteiger partial charge in [-0.1, -0.05) is 0 Å². The van der Waals surface area contributed by atoms with Gasteiger partial charge in [0.15, 0.2) is 0 Å². The summed E-state index contributed by atoms with van der Waals surface area (Å²) in [5.74, 6) is 0. The van der Waals surface area contributed by atoms with Crippen molar-refractivity contribution < 1.29 is 5.11 Å². The summed E-state index contributed by atoms with van der Waals surface area (Å²) >= 11 is 0. The number of hydrogen-bond acceptors (Lipinski definition) is 4.